The van der Waals surface area contributed by atoms with E-state index in [0.29, 0.717) is 0 Å². The first-order chi connectivity index (χ1) is 6.59. The molecule has 0 aliphatic heterocycles. The summed E-state index contributed by atoms with van der Waals surface area (Å²) in [5, 5.41) is 0. The van der Waals surface area contributed by atoms with Gasteiger partial charge in [-0.15, -0.1) is 0 Å². The van der Waals surface area contributed by atoms with Crippen LogP contribution in [0.2, 0.25) is 0 Å². The van der Waals surface area contributed by atoms with Crippen LogP contribution in [0.15, 0.2) is 0 Å². The summed E-state index contributed by atoms with van der Waals surface area (Å²) in [7, 11) is 0. The first-order valence-corrected chi connectivity index (χ1v) is 4.72. The molecular weight excluding hydrogens is 222 g/mol. The summed E-state index contributed by atoms with van der Waals surface area (Å²) in [5.41, 5.74) is 0. The minimum Gasteiger partial charge on any atom is -0.171 e. The van der Waals surface area contributed by atoms with Crippen molar-refractivity contribution < 1.29 is 26.3 Å². The van der Waals surface area contributed by atoms with Gasteiger partial charge in [0.2, 0.25) is 0 Å². The van der Waals surface area contributed by atoms with Crippen molar-refractivity contribution in [2.24, 2.45) is 11.8 Å². The number of hydrogen-bond donors (Lipinski definition) is 0. The molecule has 0 aromatic carbocycles. The molecule has 0 rings (SSSR count). The lowest BCUT2D eigenvalue weighted by atomic mass is 9.94. The predicted molar refractivity (Wildman–Crippen MR) is 44.3 cm³/mol. The monoisotopic (exact) mass is 236 g/mol. The molecule has 6 heteroatoms. The third-order valence-electron chi connectivity index (χ3n) is 2.46. The molecule has 0 saturated heterocycles. The number of hydrogen-bond acceptors (Lipinski definition) is 0. The van der Waals surface area contributed by atoms with Gasteiger partial charge in [-0.25, -0.2) is 0 Å². The van der Waals surface area contributed by atoms with E-state index in [1.807, 2.05) is 0 Å². The van der Waals surface area contributed by atoms with E-state index in [1.165, 1.54) is 6.92 Å². The first-order valence-electron chi connectivity index (χ1n) is 4.72. The summed E-state index contributed by atoms with van der Waals surface area (Å²) in [4.78, 5) is 0. The quantitative estimate of drug-likeness (QED) is 0.628. The molecule has 0 bridgehead atoms. The van der Waals surface area contributed by atoms with Crippen molar-refractivity contribution in [1.82, 2.24) is 0 Å². The van der Waals surface area contributed by atoms with E-state index in [2.05, 4.69) is 0 Å². The maximum atomic E-state index is 12.2. The molecule has 0 aliphatic carbocycles. The molecule has 0 radical (unpaired) electrons. The van der Waals surface area contributed by atoms with E-state index in [-0.39, 0.29) is 6.42 Å². The molecule has 0 amide bonds. The number of alkyl halides is 6. The SMILES string of the molecule is CCC(CCC(C)C(F)(F)F)C(F)(F)F. The molecule has 2 unspecified atom stereocenters. The summed E-state index contributed by atoms with van der Waals surface area (Å²) < 4.78 is 72.6. The lowest BCUT2D eigenvalue weighted by Gasteiger charge is -2.21. The highest BCUT2D eigenvalue weighted by atomic mass is 19.4. The van der Waals surface area contributed by atoms with Crippen LogP contribution in [0, 0.1) is 11.8 Å². The van der Waals surface area contributed by atoms with E-state index in [4.69, 9.17) is 0 Å². The lowest BCUT2D eigenvalue weighted by molar-refractivity contribution is -0.190. The van der Waals surface area contributed by atoms with Gasteiger partial charge >= 0.3 is 12.4 Å². The largest absolute Gasteiger partial charge is 0.391 e. The number of rotatable bonds is 4. The van der Waals surface area contributed by atoms with Crippen molar-refractivity contribution in [2.75, 3.05) is 0 Å². The Bertz CT molecular complexity index is 180. The molecule has 0 aliphatic rings. The van der Waals surface area contributed by atoms with Gasteiger partial charge in [-0.05, 0) is 19.3 Å². The molecule has 0 heterocycles. The summed E-state index contributed by atoms with van der Waals surface area (Å²) in [5.74, 6) is -3.30. The molecule has 0 saturated carbocycles. The van der Waals surface area contributed by atoms with Gasteiger partial charge < -0.3 is 0 Å². The van der Waals surface area contributed by atoms with Crippen LogP contribution in [0.25, 0.3) is 0 Å². The normalized spacial score (nSPS) is 17.6. The number of halogens is 6. The van der Waals surface area contributed by atoms with Crippen molar-refractivity contribution in [2.45, 2.75) is 45.5 Å². The van der Waals surface area contributed by atoms with Crippen molar-refractivity contribution in [3.05, 3.63) is 0 Å². The fourth-order valence-corrected chi connectivity index (χ4v) is 1.21. The molecule has 0 N–H and O–H groups in total. The maximum absolute atomic E-state index is 12.2. The van der Waals surface area contributed by atoms with Gasteiger partial charge in [0, 0.05) is 0 Å². The highest BCUT2D eigenvalue weighted by Crippen LogP contribution is 2.36. The topological polar surface area (TPSA) is 0 Å². The van der Waals surface area contributed by atoms with Crippen molar-refractivity contribution in [3.63, 3.8) is 0 Å². The zero-order chi connectivity index (χ0) is 12.3. The Labute approximate surface area is 84.7 Å². The smallest absolute Gasteiger partial charge is 0.171 e. The van der Waals surface area contributed by atoms with E-state index in [0.717, 1.165) is 6.92 Å². The van der Waals surface area contributed by atoms with Gasteiger partial charge in [-0.3, -0.25) is 0 Å². The van der Waals surface area contributed by atoms with E-state index >= 15 is 0 Å². The van der Waals surface area contributed by atoms with Crippen LogP contribution in [0.5, 0.6) is 0 Å². The summed E-state index contributed by atoms with van der Waals surface area (Å²) in [6.45, 7) is 2.24. The van der Waals surface area contributed by atoms with E-state index < -0.39 is 37.0 Å². The van der Waals surface area contributed by atoms with Gasteiger partial charge in [0.1, 0.15) is 0 Å². The van der Waals surface area contributed by atoms with Gasteiger partial charge in [-0.1, -0.05) is 13.8 Å². The van der Waals surface area contributed by atoms with E-state index in [9.17, 15) is 26.3 Å². The fourth-order valence-electron chi connectivity index (χ4n) is 1.21. The predicted octanol–water partition coefficient (Wildman–Crippen LogP) is 4.55. The van der Waals surface area contributed by atoms with Crippen LogP contribution < -0.4 is 0 Å². The van der Waals surface area contributed by atoms with Crippen LogP contribution in [-0.4, -0.2) is 12.4 Å². The average molecular weight is 236 g/mol. The zero-order valence-electron chi connectivity index (χ0n) is 8.54. The minimum absolute atomic E-state index is 0.173. The average Bonchev–Trinajstić information content (AvgIpc) is 2.00. The highest BCUT2D eigenvalue weighted by molar-refractivity contribution is 4.70. The van der Waals surface area contributed by atoms with Gasteiger partial charge in [-0.2, -0.15) is 26.3 Å². The molecule has 15 heavy (non-hydrogen) atoms. The molecule has 2 atom stereocenters. The van der Waals surface area contributed by atoms with Crippen molar-refractivity contribution >= 4 is 0 Å². The summed E-state index contributed by atoms with van der Waals surface area (Å²) in [6, 6.07) is 0. The van der Waals surface area contributed by atoms with Crippen LogP contribution in [0.3, 0.4) is 0 Å². The van der Waals surface area contributed by atoms with Crippen LogP contribution in [-0.2, 0) is 0 Å². The van der Waals surface area contributed by atoms with Crippen LogP contribution in [0.1, 0.15) is 33.1 Å². The Morgan fingerprint density at radius 2 is 1.33 bits per heavy atom. The second-order valence-corrected chi connectivity index (χ2v) is 3.67. The Morgan fingerprint density at radius 3 is 1.60 bits per heavy atom. The molecular formula is C9H14F6. The third kappa shape index (κ3) is 5.28. The molecule has 0 aromatic rings. The molecule has 92 valence electrons. The van der Waals surface area contributed by atoms with Gasteiger partial charge in [0.25, 0.3) is 0 Å². The molecule has 0 aromatic heterocycles. The van der Waals surface area contributed by atoms with Crippen LogP contribution >= 0.6 is 0 Å². The summed E-state index contributed by atoms with van der Waals surface area (Å²) in [6.07, 6.45) is -9.89. The fraction of sp³-hybridized carbons (Fsp3) is 1.00. The second-order valence-electron chi connectivity index (χ2n) is 3.67. The molecule has 0 spiro atoms. The Kier molecular flexibility index (Phi) is 4.93. The molecule has 0 fully saturated rings. The first kappa shape index (κ1) is 14.6. The summed E-state index contributed by atoms with van der Waals surface area (Å²) >= 11 is 0. The van der Waals surface area contributed by atoms with Gasteiger partial charge in [0.15, 0.2) is 0 Å². The lowest BCUT2D eigenvalue weighted by Crippen LogP contribution is -2.25. The standard InChI is InChI=1S/C9H14F6/c1-3-7(9(13,14)15)5-4-6(2)8(10,11)12/h6-7H,3-5H2,1-2H3. The van der Waals surface area contributed by atoms with E-state index in [1.54, 1.807) is 0 Å². The van der Waals surface area contributed by atoms with Crippen LogP contribution in [0.4, 0.5) is 26.3 Å². The molecule has 0 nitrogen and oxygen atoms in total. The Morgan fingerprint density at radius 1 is 0.867 bits per heavy atom. The highest BCUT2D eigenvalue weighted by Gasteiger charge is 2.41. The third-order valence-corrected chi connectivity index (χ3v) is 2.46. The van der Waals surface area contributed by atoms with Crippen molar-refractivity contribution in [1.29, 1.82) is 0 Å². The zero-order valence-corrected chi connectivity index (χ0v) is 8.54. The van der Waals surface area contributed by atoms with Crippen molar-refractivity contribution in [3.8, 4) is 0 Å². The Hall–Kier alpha value is -0.420. The second kappa shape index (κ2) is 5.07. The van der Waals surface area contributed by atoms with Gasteiger partial charge in [0.05, 0.1) is 11.8 Å². The Balaban J connectivity index is 4.14. The maximum Gasteiger partial charge on any atom is 0.391 e. The minimum atomic E-state index is -4.40.